The van der Waals surface area contributed by atoms with Crippen molar-refractivity contribution in [3.8, 4) is 5.75 Å². The first-order valence-corrected chi connectivity index (χ1v) is 9.26. The molecule has 128 valence electrons. The molecule has 0 radical (unpaired) electrons. The number of hydrogen-bond acceptors (Lipinski definition) is 5. The Labute approximate surface area is 146 Å². The smallest absolute Gasteiger partial charge is 0.159 e. The number of Topliss-reactive ketones (excluding diaryl/α,β-unsaturated/α-hetero) is 1. The maximum atomic E-state index is 11.4. The van der Waals surface area contributed by atoms with Crippen molar-refractivity contribution in [2.45, 2.75) is 31.9 Å². The average molecular weight is 345 g/mol. The molecule has 2 aromatic rings. The minimum atomic E-state index is -0.551. The molecular formula is C19H23NO3S. The van der Waals surface area contributed by atoms with E-state index in [0.29, 0.717) is 23.9 Å². The van der Waals surface area contributed by atoms with Crippen LogP contribution >= 0.6 is 11.3 Å². The van der Waals surface area contributed by atoms with Gasteiger partial charge >= 0.3 is 0 Å². The standard InChI is InChI=1S/C19H23NO3S/c1-14(21)15-4-2-5-18(10-15)23-12-17(22)11-20-8-3-6-19(20)16-7-9-24-13-16/h2,4-5,7,9-10,13,17,19,22H,3,6,8,11-12H2,1H3/t17-,19+/m1/s1. The van der Waals surface area contributed by atoms with Crippen LogP contribution in [0.15, 0.2) is 41.1 Å². The number of benzene rings is 1. The highest BCUT2D eigenvalue weighted by Crippen LogP contribution is 2.32. The highest BCUT2D eigenvalue weighted by atomic mass is 32.1. The van der Waals surface area contributed by atoms with Gasteiger partial charge < -0.3 is 9.84 Å². The van der Waals surface area contributed by atoms with E-state index in [-0.39, 0.29) is 12.4 Å². The quantitative estimate of drug-likeness (QED) is 0.780. The van der Waals surface area contributed by atoms with Crippen molar-refractivity contribution in [1.29, 1.82) is 0 Å². The first-order chi connectivity index (χ1) is 11.6. The molecule has 1 aliphatic heterocycles. The molecule has 0 unspecified atom stereocenters. The summed E-state index contributed by atoms with van der Waals surface area (Å²) in [6.07, 6.45) is 1.75. The number of carbonyl (C=O) groups excluding carboxylic acids is 1. The number of aliphatic hydroxyl groups excluding tert-OH is 1. The summed E-state index contributed by atoms with van der Waals surface area (Å²) in [6.45, 7) is 3.38. The zero-order valence-electron chi connectivity index (χ0n) is 13.9. The molecule has 1 aromatic carbocycles. The van der Waals surface area contributed by atoms with Crippen molar-refractivity contribution >= 4 is 17.1 Å². The van der Waals surface area contributed by atoms with Gasteiger partial charge in [-0.1, -0.05) is 12.1 Å². The fourth-order valence-corrected chi connectivity index (χ4v) is 3.91. The summed E-state index contributed by atoms with van der Waals surface area (Å²) in [5.74, 6) is 0.634. The van der Waals surface area contributed by atoms with Crippen molar-refractivity contribution in [2.75, 3.05) is 19.7 Å². The van der Waals surface area contributed by atoms with Gasteiger partial charge in [-0.25, -0.2) is 0 Å². The normalized spacial score (nSPS) is 19.3. The minimum absolute atomic E-state index is 0.0108. The van der Waals surface area contributed by atoms with Gasteiger partial charge in [-0.15, -0.1) is 0 Å². The van der Waals surface area contributed by atoms with Crippen LogP contribution in [0.5, 0.6) is 5.75 Å². The first-order valence-electron chi connectivity index (χ1n) is 8.31. The predicted octanol–water partition coefficient (Wildman–Crippen LogP) is 3.53. The molecule has 0 saturated carbocycles. The monoisotopic (exact) mass is 345 g/mol. The number of ether oxygens (including phenoxy) is 1. The van der Waals surface area contributed by atoms with Crippen molar-refractivity contribution in [3.63, 3.8) is 0 Å². The third-order valence-corrected chi connectivity index (χ3v) is 5.12. The van der Waals surface area contributed by atoms with Crippen molar-refractivity contribution < 1.29 is 14.6 Å². The van der Waals surface area contributed by atoms with Crippen LogP contribution in [0.3, 0.4) is 0 Å². The second kappa shape index (κ2) is 7.92. The van der Waals surface area contributed by atoms with Gasteiger partial charge in [0.05, 0.1) is 0 Å². The Bertz CT molecular complexity index is 671. The van der Waals surface area contributed by atoms with E-state index in [1.807, 2.05) is 6.07 Å². The highest BCUT2D eigenvalue weighted by molar-refractivity contribution is 7.07. The highest BCUT2D eigenvalue weighted by Gasteiger charge is 2.27. The number of thiophene rings is 1. The van der Waals surface area contributed by atoms with E-state index in [1.165, 1.54) is 12.5 Å². The van der Waals surface area contributed by atoms with Crippen molar-refractivity contribution in [1.82, 2.24) is 4.90 Å². The average Bonchev–Trinajstić information content (AvgIpc) is 3.24. The summed E-state index contributed by atoms with van der Waals surface area (Å²) in [5.41, 5.74) is 1.97. The molecule has 1 fully saturated rings. The number of β-amino-alcohol motifs (C(OH)–C–C–N with tert-alkyl or cyclic N) is 1. The maximum absolute atomic E-state index is 11.4. The van der Waals surface area contributed by atoms with Gasteiger partial charge in [0, 0.05) is 18.2 Å². The van der Waals surface area contributed by atoms with Gasteiger partial charge in [-0.3, -0.25) is 9.69 Å². The SMILES string of the molecule is CC(=O)c1cccc(OC[C@H](O)CN2CCC[C@H]2c2ccsc2)c1. The van der Waals surface area contributed by atoms with E-state index in [9.17, 15) is 9.90 Å². The van der Waals surface area contributed by atoms with Crippen molar-refractivity contribution in [3.05, 3.63) is 52.2 Å². The molecule has 1 aliphatic rings. The van der Waals surface area contributed by atoms with Crippen LogP contribution < -0.4 is 4.74 Å². The molecule has 0 spiro atoms. The first kappa shape index (κ1) is 17.1. The third kappa shape index (κ3) is 4.23. The Hall–Kier alpha value is -1.69. The van der Waals surface area contributed by atoms with Crippen LogP contribution in [0.2, 0.25) is 0 Å². The summed E-state index contributed by atoms with van der Waals surface area (Å²) >= 11 is 1.72. The fraction of sp³-hybridized carbons (Fsp3) is 0.421. The summed E-state index contributed by atoms with van der Waals surface area (Å²) in [7, 11) is 0. The number of hydrogen-bond donors (Lipinski definition) is 1. The number of aliphatic hydroxyl groups is 1. The van der Waals surface area contributed by atoms with E-state index in [4.69, 9.17) is 4.74 Å². The fourth-order valence-electron chi connectivity index (χ4n) is 3.21. The Morgan fingerprint density at radius 1 is 1.46 bits per heavy atom. The Morgan fingerprint density at radius 2 is 2.33 bits per heavy atom. The second-order valence-electron chi connectivity index (χ2n) is 6.26. The zero-order chi connectivity index (χ0) is 16.9. The summed E-state index contributed by atoms with van der Waals surface area (Å²) in [6, 6.07) is 9.67. The molecule has 24 heavy (non-hydrogen) atoms. The van der Waals surface area contributed by atoms with Gasteiger partial charge in [-0.05, 0) is 60.8 Å². The number of rotatable bonds is 7. The van der Waals surface area contributed by atoms with Crippen LogP contribution in [0.1, 0.15) is 41.7 Å². The van der Waals surface area contributed by atoms with E-state index >= 15 is 0 Å². The molecule has 1 saturated heterocycles. The molecule has 2 atom stereocenters. The summed E-state index contributed by atoms with van der Waals surface area (Å²) in [5, 5.41) is 14.6. The number of nitrogens with zero attached hydrogens (tertiary/aromatic N) is 1. The lowest BCUT2D eigenvalue weighted by Gasteiger charge is -2.26. The molecule has 4 nitrogen and oxygen atoms in total. The van der Waals surface area contributed by atoms with Crippen LogP contribution in [0.25, 0.3) is 0 Å². The predicted molar refractivity (Wildman–Crippen MR) is 95.8 cm³/mol. The van der Waals surface area contributed by atoms with E-state index < -0.39 is 6.10 Å². The molecule has 0 aliphatic carbocycles. The van der Waals surface area contributed by atoms with Gasteiger partial charge in [0.25, 0.3) is 0 Å². The lowest BCUT2D eigenvalue weighted by molar-refractivity contribution is 0.0639. The Morgan fingerprint density at radius 3 is 3.08 bits per heavy atom. The largest absolute Gasteiger partial charge is 0.491 e. The Balaban J connectivity index is 1.53. The van der Waals surface area contributed by atoms with E-state index in [0.717, 1.165) is 19.4 Å². The number of ketones is 1. The molecule has 2 heterocycles. The maximum Gasteiger partial charge on any atom is 0.159 e. The minimum Gasteiger partial charge on any atom is -0.491 e. The number of likely N-dealkylation sites (tertiary alicyclic amines) is 1. The van der Waals surface area contributed by atoms with Gasteiger partial charge in [0.15, 0.2) is 5.78 Å². The van der Waals surface area contributed by atoms with Gasteiger partial charge in [0.2, 0.25) is 0 Å². The molecule has 0 amide bonds. The molecule has 1 N–H and O–H groups in total. The van der Waals surface area contributed by atoms with Gasteiger partial charge in [-0.2, -0.15) is 11.3 Å². The van der Waals surface area contributed by atoms with E-state index in [2.05, 4.69) is 21.7 Å². The third-order valence-electron chi connectivity index (χ3n) is 4.42. The van der Waals surface area contributed by atoms with Crippen molar-refractivity contribution in [2.24, 2.45) is 0 Å². The van der Waals surface area contributed by atoms with Crippen LogP contribution in [-0.2, 0) is 0 Å². The molecular weight excluding hydrogens is 322 g/mol. The van der Waals surface area contributed by atoms with Gasteiger partial charge in [0.1, 0.15) is 18.5 Å². The van der Waals surface area contributed by atoms with E-state index in [1.54, 1.807) is 29.5 Å². The lowest BCUT2D eigenvalue weighted by atomic mass is 10.1. The molecule has 0 bridgehead atoms. The summed E-state index contributed by atoms with van der Waals surface area (Å²) in [4.78, 5) is 13.7. The molecule has 1 aromatic heterocycles. The lowest BCUT2D eigenvalue weighted by Crippen LogP contribution is -2.35. The van der Waals surface area contributed by atoms with Crippen LogP contribution in [-0.4, -0.2) is 41.6 Å². The zero-order valence-corrected chi connectivity index (χ0v) is 14.7. The number of carbonyl (C=O) groups is 1. The summed E-state index contributed by atoms with van der Waals surface area (Å²) < 4.78 is 5.67. The topological polar surface area (TPSA) is 49.8 Å². The molecule has 5 heteroatoms. The van der Waals surface area contributed by atoms with Crippen LogP contribution in [0.4, 0.5) is 0 Å². The molecule has 3 rings (SSSR count). The van der Waals surface area contributed by atoms with Crippen LogP contribution in [0, 0.1) is 0 Å². The second-order valence-corrected chi connectivity index (χ2v) is 7.04. The Kier molecular flexibility index (Phi) is 5.66.